The van der Waals surface area contributed by atoms with Crippen LogP contribution in [0.3, 0.4) is 0 Å². The van der Waals surface area contributed by atoms with Gasteiger partial charge in [0.25, 0.3) is 0 Å². The predicted molar refractivity (Wildman–Crippen MR) is 85.9 cm³/mol. The van der Waals surface area contributed by atoms with Crippen molar-refractivity contribution in [2.24, 2.45) is 0 Å². The van der Waals surface area contributed by atoms with E-state index >= 15 is 0 Å². The lowest BCUT2D eigenvalue weighted by Crippen LogP contribution is -2.16. The van der Waals surface area contributed by atoms with Gasteiger partial charge >= 0.3 is 0 Å². The molecular formula is C14H15Br2N3. The Morgan fingerprint density at radius 1 is 1.00 bits per heavy atom. The summed E-state index contributed by atoms with van der Waals surface area (Å²) in [6, 6.07) is 9.84. The lowest BCUT2D eigenvalue weighted by molar-refractivity contribution is 0.544. The van der Waals surface area contributed by atoms with Crippen LogP contribution in [0.2, 0.25) is 0 Å². The van der Waals surface area contributed by atoms with Gasteiger partial charge in [0.2, 0.25) is 0 Å². The van der Waals surface area contributed by atoms with E-state index in [-0.39, 0.29) is 5.41 Å². The minimum atomic E-state index is -0.0834. The number of hydrogen-bond acceptors (Lipinski definition) is 3. The molecule has 2 rings (SSSR count). The average molecular weight is 385 g/mol. The Labute approximate surface area is 130 Å². The van der Waals surface area contributed by atoms with Crippen LogP contribution in [0.4, 0.5) is 11.5 Å². The maximum atomic E-state index is 4.56. The van der Waals surface area contributed by atoms with Gasteiger partial charge < -0.3 is 5.32 Å². The van der Waals surface area contributed by atoms with Crippen molar-refractivity contribution in [2.75, 3.05) is 5.32 Å². The molecule has 19 heavy (non-hydrogen) atoms. The molecule has 3 nitrogen and oxygen atoms in total. The monoisotopic (exact) mass is 383 g/mol. The first kappa shape index (κ1) is 14.5. The zero-order valence-corrected chi connectivity index (χ0v) is 14.2. The molecule has 0 aliphatic carbocycles. The van der Waals surface area contributed by atoms with Crippen molar-refractivity contribution in [1.82, 2.24) is 9.97 Å². The Morgan fingerprint density at radius 3 is 2.21 bits per heavy atom. The highest BCUT2D eigenvalue weighted by Gasteiger charge is 2.18. The molecule has 1 aromatic carbocycles. The first-order chi connectivity index (χ1) is 8.84. The number of hydrogen-bond donors (Lipinski definition) is 1. The van der Waals surface area contributed by atoms with Gasteiger partial charge in [0.1, 0.15) is 16.2 Å². The van der Waals surface area contributed by atoms with Crippen LogP contribution in [-0.2, 0) is 5.41 Å². The van der Waals surface area contributed by atoms with Gasteiger partial charge in [0.05, 0.1) is 0 Å². The Hall–Kier alpha value is -0.940. The van der Waals surface area contributed by atoms with E-state index in [9.17, 15) is 0 Å². The lowest BCUT2D eigenvalue weighted by Gasteiger charge is -2.18. The molecule has 1 N–H and O–H groups in total. The van der Waals surface area contributed by atoms with Gasteiger partial charge in [0, 0.05) is 21.6 Å². The van der Waals surface area contributed by atoms with E-state index in [2.05, 4.69) is 67.9 Å². The van der Waals surface area contributed by atoms with Crippen LogP contribution in [0.25, 0.3) is 0 Å². The maximum absolute atomic E-state index is 4.56. The zero-order valence-electron chi connectivity index (χ0n) is 11.0. The van der Waals surface area contributed by atoms with E-state index in [1.54, 1.807) is 0 Å². The number of benzene rings is 1. The molecule has 1 heterocycles. The molecule has 0 atom stereocenters. The maximum Gasteiger partial charge on any atom is 0.137 e. The zero-order chi connectivity index (χ0) is 14.0. The summed E-state index contributed by atoms with van der Waals surface area (Å²) < 4.78 is 1.84. The highest BCUT2D eigenvalue weighted by atomic mass is 79.9. The van der Waals surface area contributed by atoms with E-state index in [4.69, 9.17) is 0 Å². The quantitative estimate of drug-likeness (QED) is 0.736. The fraction of sp³-hybridized carbons (Fsp3) is 0.286. The minimum Gasteiger partial charge on any atom is -0.340 e. The summed E-state index contributed by atoms with van der Waals surface area (Å²) in [6.45, 7) is 6.29. The molecule has 2 aromatic rings. The summed E-state index contributed by atoms with van der Waals surface area (Å²) in [7, 11) is 0. The highest BCUT2D eigenvalue weighted by molar-refractivity contribution is 9.10. The summed E-state index contributed by atoms with van der Waals surface area (Å²) in [5, 5.41) is 3.28. The summed E-state index contributed by atoms with van der Waals surface area (Å²) in [4.78, 5) is 8.98. The van der Waals surface area contributed by atoms with Gasteiger partial charge in [-0.2, -0.15) is 0 Å². The molecule has 100 valence electrons. The number of anilines is 2. The van der Waals surface area contributed by atoms with Crippen molar-refractivity contribution in [2.45, 2.75) is 26.2 Å². The van der Waals surface area contributed by atoms with E-state index in [1.807, 2.05) is 30.3 Å². The molecule has 0 spiro atoms. The summed E-state index contributed by atoms with van der Waals surface area (Å²) in [5.41, 5.74) is 0.911. The van der Waals surface area contributed by atoms with Crippen LogP contribution >= 0.6 is 31.9 Å². The standard InChI is InChI=1S/C14H15Br2N3/c1-14(2,3)13-18-11(16)8-12(19-13)17-10-6-4-9(15)5-7-10/h4-8H,1-3H3,(H,17,18,19). The van der Waals surface area contributed by atoms with E-state index in [0.717, 1.165) is 26.4 Å². The van der Waals surface area contributed by atoms with Crippen LogP contribution in [0.5, 0.6) is 0 Å². The third kappa shape index (κ3) is 4.01. The van der Waals surface area contributed by atoms with Crippen LogP contribution in [0.1, 0.15) is 26.6 Å². The number of nitrogens with zero attached hydrogens (tertiary/aromatic N) is 2. The molecule has 0 saturated heterocycles. The third-order valence-electron chi connectivity index (χ3n) is 2.48. The molecule has 0 radical (unpaired) electrons. The van der Waals surface area contributed by atoms with Crippen LogP contribution in [0.15, 0.2) is 39.4 Å². The van der Waals surface area contributed by atoms with Crippen LogP contribution in [0, 0.1) is 0 Å². The normalized spacial score (nSPS) is 11.4. The summed E-state index contributed by atoms with van der Waals surface area (Å²) >= 11 is 6.85. The van der Waals surface area contributed by atoms with Gasteiger partial charge in [0.15, 0.2) is 0 Å². The van der Waals surface area contributed by atoms with Gasteiger partial charge in [-0.1, -0.05) is 36.7 Å². The third-order valence-corrected chi connectivity index (χ3v) is 3.42. The SMILES string of the molecule is CC(C)(C)c1nc(Br)cc(Nc2ccc(Br)cc2)n1. The molecule has 5 heteroatoms. The van der Waals surface area contributed by atoms with Crippen LogP contribution in [-0.4, -0.2) is 9.97 Å². The molecule has 0 fully saturated rings. The second-order valence-corrected chi connectivity index (χ2v) is 7.01. The van der Waals surface area contributed by atoms with Crippen molar-refractivity contribution in [3.63, 3.8) is 0 Å². The number of aromatic nitrogens is 2. The smallest absolute Gasteiger partial charge is 0.137 e. The Morgan fingerprint density at radius 2 is 1.63 bits per heavy atom. The number of halogens is 2. The number of rotatable bonds is 2. The fourth-order valence-electron chi connectivity index (χ4n) is 1.50. The number of nitrogens with one attached hydrogen (secondary N) is 1. The van der Waals surface area contributed by atoms with E-state index < -0.39 is 0 Å². The lowest BCUT2D eigenvalue weighted by atomic mass is 9.96. The molecular weight excluding hydrogens is 370 g/mol. The van der Waals surface area contributed by atoms with Crippen molar-refractivity contribution in [3.8, 4) is 0 Å². The predicted octanol–water partition coefficient (Wildman–Crippen LogP) is 5.04. The average Bonchev–Trinajstić information content (AvgIpc) is 2.30. The van der Waals surface area contributed by atoms with Gasteiger partial charge in [-0.3, -0.25) is 0 Å². The molecule has 0 bridgehead atoms. The van der Waals surface area contributed by atoms with Crippen molar-refractivity contribution >= 4 is 43.4 Å². The van der Waals surface area contributed by atoms with Gasteiger partial charge in [-0.25, -0.2) is 9.97 Å². The Kier molecular flexibility index (Phi) is 4.26. The second-order valence-electron chi connectivity index (χ2n) is 5.28. The van der Waals surface area contributed by atoms with Crippen molar-refractivity contribution in [3.05, 3.63) is 45.2 Å². The summed E-state index contributed by atoms with van der Waals surface area (Å²) in [5.74, 6) is 1.59. The first-order valence-electron chi connectivity index (χ1n) is 5.92. The summed E-state index contributed by atoms with van der Waals surface area (Å²) in [6.07, 6.45) is 0. The molecule has 0 aliphatic heterocycles. The topological polar surface area (TPSA) is 37.8 Å². The largest absolute Gasteiger partial charge is 0.340 e. The fourth-order valence-corrected chi connectivity index (χ4v) is 2.15. The molecule has 0 unspecified atom stereocenters. The van der Waals surface area contributed by atoms with E-state index in [0.29, 0.717) is 0 Å². The van der Waals surface area contributed by atoms with Gasteiger partial charge in [-0.15, -0.1) is 0 Å². The van der Waals surface area contributed by atoms with Crippen molar-refractivity contribution in [1.29, 1.82) is 0 Å². The second kappa shape index (κ2) is 5.59. The molecule has 0 saturated carbocycles. The Balaban J connectivity index is 2.30. The van der Waals surface area contributed by atoms with Gasteiger partial charge in [-0.05, 0) is 40.2 Å². The van der Waals surface area contributed by atoms with Crippen molar-refractivity contribution < 1.29 is 0 Å². The minimum absolute atomic E-state index is 0.0834. The van der Waals surface area contributed by atoms with Crippen LogP contribution < -0.4 is 5.32 Å². The van der Waals surface area contributed by atoms with E-state index in [1.165, 1.54) is 0 Å². The first-order valence-corrected chi connectivity index (χ1v) is 7.51. The highest BCUT2D eigenvalue weighted by Crippen LogP contribution is 2.24. The molecule has 0 aliphatic rings. The molecule has 0 amide bonds. The Bertz CT molecular complexity index is 574. The molecule has 1 aromatic heterocycles.